The van der Waals surface area contributed by atoms with E-state index in [2.05, 4.69) is 19.8 Å². The van der Waals surface area contributed by atoms with E-state index in [4.69, 9.17) is 8.94 Å². The molecule has 0 unspecified atom stereocenters. The Labute approximate surface area is 148 Å². The lowest BCUT2D eigenvalue weighted by Crippen LogP contribution is -2.25. The molecule has 0 bridgehead atoms. The van der Waals surface area contributed by atoms with Gasteiger partial charge in [-0.1, -0.05) is 17.3 Å². The van der Waals surface area contributed by atoms with Crippen molar-refractivity contribution in [1.82, 2.24) is 19.8 Å². The first-order chi connectivity index (χ1) is 12.6. The zero-order chi connectivity index (χ0) is 18.0. The van der Waals surface area contributed by atoms with E-state index < -0.39 is 10.0 Å². The van der Waals surface area contributed by atoms with Gasteiger partial charge in [-0.15, -0.1) is 0 Å². The van der Waals surface area contributed by atoms with Gasteiger partial charge in [0.1, 0.15) is 17.1 Å². The number of nitrogens with one attached hydrogen (secondary N) is 1. The fourth-order valence-electron chi connectivity index (χ4n) is 2.57. The monoisotopic (exact) mass is 370 g/mol. The highest BCUT2D eigenvalue weighted by atomic mass is 32.2. The highest BCUT2D eigenvalue weighted by molar-refractivity contribution is 7.88. The summed E-state index contributed by atoms with van der Waals surface area (Å²) in [6.45, 7) is -0.0119. The van der Waals surface area contributed by atoms with E-state index in [0.717, 1.165) is 0 Å². The minimum absolute atomic E-state index is 0.0119. The number of furan rings is 1. The number of sulfonamides is 1. The van der Waals surface area contributed by atoms with Crippen molar-refractivity contribution in [2.24, 2.45) is 0 Å². The van der Waals surface area contributed by atoms with Crippen LogP contribution >= 0.6 is 0 Å². The molecule has 3 heterocycles. The number of aromatic nitrogens is 3. The molecule has 4 aromatic rings. The third kappa shape index (κ3) is 3.35. The average Bonchev–Trinajstić information content (AvgIpc) is 3.31. The van der Waals surface area contributed by atoms with Crippen molar-refractivity contribution in [3.05, 3.63) is 66.4 Å². The van der Waals surface area contributed by atoms with Gasteiger partial charge in [-0.3, -0.25) is 4.98 Å². The van der Waals surface area contributed by atoms with Crippen molar-refractivity contribution in [1.29, 1.82) is 0 Å². The van der Waals surface area contributed by atoms with Crippen LogP contribution in [-0.2, 0) is 22.3 Å². The molecule has 9 heteroatoms. The van der Waals surface area contributed by atoms with Crippen molar-refractivity contribution >= 4 is 21.0 Å². The summed E-state index contributed by atoms with van der Waals surface area (Å²) in [5.74, 6) is 0.232. The molecule has 0 aliphatic heterocycles. The normalized spacial score (nSPS) is 11.8. The molecule has 1 aromatic carbocycles. The van der Waals surface area contributed by atoms with Gasteiger partial charge in [-0.05, 0) is 24.3 Å². The summed E-state index contributed by atoms with van der Waals surface area (Å²) in [6.07, 6.45) is 4.55. The summed E-state index contributed by atoms with van der Waals surface area (Å²) in [6, 6.07) is 10.6. The van der Waals surface area contributed by atoms with Gasteiger partial charge in [0.2, 0.25) is 10.0 Å². The lowest BCUT2D eigenvalue weighted by atomic mass is 10.2. The molecule has 0 fully saturated rings. The number of fused-ring (bicyclic) bond motifs is 1. The van der Waals surface area contributed by atoms with Crippen molar-refractivity contribution in [2.75, 3.05) is 0 Å². The van der Waals surface area contributed by atoms with Crippen LogP contribution in [0, 0.1) is 0 Å². The lowest BCUT2D eigenvalue weighted by molar-refractivity contribution is 0.448. The average molecular weight is 370 g/mol. The number of nitrogens with zero attached hydrogens (tertiary/aromatic N) is 3. The highest BCUT2D eigenvalue weighted by Crippen LogP contribution is 2.21. The van der Waals surface area contributed by atoms with E-state index in [1.807, 2.05) is 0 Å². The SMILES string of the molecule is O=S(=O)(Cc1noc2ccccc12)NCc1nccnc1-c1ccco1. The first kappa shape index (κ1) is 16.4. The zero-order valence-corrected chi connectivity index (χ0v) is 14.3. The minimum Gasteiger partial charge on any atom is -0.463 e. The van der Waals surface area contributed by atoms with Crippen LogP contribution in [0.2, 0.25) is 0 Å². The second-order valence-corrected chi connectivity index (χ2v) is 7.34. The number of para-hydroxylation sites is 1. The third-order valence-corrected chi connectivity index (χ3v) is 5.00. The van der Waals surface area contributed by atoms with Gasteiger partial charge in [-0.25, -0.2) is 18.1 Å². The topological polar surface area (TPSA) is 111 Å². The molecule has 0 radical (unpaired) electrons. The molecule has 0 saturated heterocycles. The molecule has 0 spiro atoms. The van der Waals surface area contributed by atoms with Crippen molar-refractivity contribution in [3.8, 4) is 11.5 Å². The number of benzene rings is 1. The van der Waals surface area contributed by atoms with Crippen molar-refractivity contribution in [3.63, 3.8) is 0 Å². The first-order valence-corrected chi connectivity index (χ1v) is 9.42. The highest BCUT2D eigenvalue weighted by Gasteiger charge is 2.19. The standard InChI is InChI=1S/C17H14N4O4S/c22-26(23,11-14-12-4-1-2-5-15(12)25-21-14)20-10-13-17(19-8-7-18-13)16-6-3-9-24-16/h1-9,20H,10-11H2. The van der Waals surface area contributed by atoms with Crippen LogP contribution in [0.15, 0.2) is 64.0 Å². The van der Waals surface area contributed by atoms with Gasteiger partial charge in [-0.2, -0.15) is 0 Å². The second-order valence-electron chi connectivity index (χ2n) is 5.53. The summed E-state index contributed by atoms with van der Waals surface area (Å²) >= 11 is 0. The third-order valence-electron chi connectivity index (χ3n) is 3.77. The lowest BCUT2D eigenvalue weighted by Gasteiger charge is -2.07. The summed E-state index contributed by atoms with van der Waals surface area (Å²) in [5, 5.41) is 4.53. The maximum absolute atomic E-state index is 12.4. The Hall–Kier alpha value is -3.04. The Balaban J connectivity index is 1.53. The molecule has 0 aliphatic rings. The molecule has 4 rings (SSSR count). The molecular weight excluding hydrogens is 356 g/mol. The minimum atomic E-state index is -3.65. The summed E-state index contributed by atoms with van der Waals surface area (Å²) < 4.78 is 37.9. The first-order valence-electron chi connectivity index (χ1n) is 7.77. The predicted molar refractivity (Wildman–Crippen MR) is 93.2 cm³/mol. The number of rotatable bonds is 6. The maximum atomic E-state index is 12.4. The molecule has 0 amide bonds. The van der Waals surface area contributed by atoms with Gasteiger partial charge >= 0.3 is 0 Å². The predicted octanol–water partition coefficient (Wildman–Crippen LogP) is 2.50. The van der Waals surface area contributed by atoms with Crippen LogP contribution in [0.3, 0.4) is 0 Å². The zero-order valence-electron chi connectivity index (χ0n) is 13.5. The molecule has 0 saturated carbocycles. The van der Waals surface area contributed by atoms with Crippen LogP contribution in [-0.4, -0.2) is 23.5 Å². The Morgan fingerprint density at radius 2 is 1.85 bits per heavy atom. The van der Waals surface area contributed by atoms with Gasteiger partial charge in [0.05, 0.1) is 18.5 Å². The Morgan fingerprint density at radius 1 is 1.00 bits per heavy atom. The molecule has 0 atom stereocenters. The fraction of sp³-hybridized carbons (Fsp3) is 0.118. The van der Waals surface area contributed by atoms with Crippen LogP contribution in [0.4, 0.5) is 0 Å². The maximum Gasteiger partial charge on any atom is 0.217 e. The number of hydrogen-bond acceptors (Lipinski definition) is 7. The molecule has 8 nitrogen and oxygen atoms in total. The van der Waals surface area contributed by atoms with E-state index in [1.165, 1.54) is 18.7 Å². The second kappa shape index (κ2) is 6.70. The molecule has 26 heavy (non-hydrogen) atoms. The van der Waals surface area contributed by atoms with Crippen LogP contribution < -0.4 is 4.72 Å². The molecule has 3 aromatic heterocycles. The number of hydrogen-bond donors (Lipinski definition) is 1. The van der Waals surface area contributed by atoms with E-state index in [-0.39, 0.29) is 12.3 Å². The van der Waals surface area contributed by atoms with Crippen LogP contribution in [0.1, 0.15) is 11.4 Å². The summed E-state index contributed by atoms with van der Waals surface area (Å²) in [4.78, 5) is 8.42. The molecule has 132 valence electrons. The largest absolute Gasteiger partial charge is 0.463 e. The van der Waals surface area contributed by atoms with Crippen LogP contribution in [0.5, 0.6) is 0 Å². The molecule has 1 N–H and O–H groups in total. The van der Waals surface area contributed by atoms with E-state index >= 15 is 0 Å². The molecule has 0 aliphatic carbocycles. The Bertz CT molecular complexity index is 1140. The Morgan fingerprint density at radius 3 is 2.69 bits per heavy atom. The van der Waals surface area contributed by atoms with Gasteiger partial charge < -0.3 is 8.94 Å². The fourth-order valence-corrected chi connectivity index (χ4v) is 3.59. The van der Waals surface area contributed by atoms with E-state index in [9.17, 15) is 8.42 Å². The summed E-state index contributed by atoms with van der Waals surface area (Å²) in [5.41, 5.74) is 1.87. The van der Waals surface area contributed by atoms with Crippen molar-refractivity contribution < 1.29 is 17.4 Å². The summed E-state index contributed by atoms with van der Waals surface area (Å²) in [7, 11) is -3.65. The smallest absolute Gasteiger partial charge is 0.217 e. The van der Waals surface area contributed by atoms with E-state index in [0.29, 0.717) is 33.8 Å². The molecular formula is C17H14N4O4S. The van der Waals surface area contributed by atoms with Gasteiger partial charge in [0.25, 0.3) is 0 Å². The Kier molecular flexibility index (Phi) is 4.23. The van der Waals surface area contributed by atoms with Crippen LogP contribution in [0.25, 0.3) is 22.4 Å². The van der Waals surface area contributed by atoms with Gasteiger partial charge in [0.15, 0.2) is 11.3 Å². The van der Waals surface area contributed by atoms with Crippen molar-refractivity contribution in [2.45, 2.75) is 12.3 Å². The quantitative estimate of drug-likeness (QED) is 0.555. The van der Waals surface area contributed by atoms with Gasteiger partial charge in [0, 0.05) is 17.8 Å². The van der Waals surface area contributed by atoms with E-state index in [1.54, 1.807) is 36.4 Å².